The van der Waals surface area contributed by atoms with Crippen molar-refractivity contribution in [2.24, 2.45) is 17.8 Å². The van der Waals surface area contributed by atoms with Gasteiger partial charge in [-0.05, 0) is 48.8 Å². The normalized spacial score (nSPS) is 13.7. The van der Waals surface area contributed by atoms with Crippen LogP contribution in [-0.2, 0) is 25.5 Å². The van der Waals surface area contributed by atoms with Crippen molar-refractivity contribution < 1.29 is 28.9 Å². The number of carbonyl (C=O) groups is 2. The summed E-state index contributed by atoms with van der Waals surface area (Å²) in [5.41, 5.74) is 0.642. The number of hydrogen-bond donors (Lipinski definition) is 1. The van der Waals surface area contributed by atoms with Crippen LogP contribution in [0.3, 0.4) is 0 Å². The van der Waals surface area contributed by atoms with Crippen LogP contribution in [0.15, 0.2) is 18.2 Å². The lowest BCUT2D eigenvalue weighted by atomic mass is 9.97. The van der Waals surface area contributed by atoms with Gasteiger partial charge in [-0.15, -0.1) is 0 Å². The third-order valence-corrected chi connectivity index (χ3v) is 6.26. The summed E-state index contributed by atoms with van der Waals surface area (Å²) in [4.78, 5) is 25.9. The Balaban J connectivity index is 2.91. The van der Waals surface area contributed by atoms with Gasteiger partial charge in [-0.1, -0.05) is 72.3 Å². The predicted molar refractivity (Wildman–Crippen MR) is 130 cm³/mol. The number of aromatic hydroxyl groups is 1. The molecule has 0 aliphatic rings. The predicted octanol–water partition coefficient (Wildman–Crippen LogP) is 6.08. The number of hydrogen-bond acceptors (Lipinski definition) is 6. The topological polar surface area (TPSA) is 82.1 Å². The van der Waals surface area contributed by atoms with Crippen LogP contribution in [0.1, 0.15) is 84.6 Å². The summed E-state index contributed by atoms with van der Waals surface area (Å²) in [6.07, 6.45) is 8.30. The molecule has 0 fully saturated rings. The van der Waals surface area contributed by atoms with Crippen molar-refractivity contribution in [2.45, 2.75) is 85.5 Å². The van der Waals surface area contributed by atoms with E-state index in [2.05, 4.69) is 27.7 Å². The van der Waals surface area contributed by atoms with Gasteiger partial charge < -0.3 is 19.3 Å². The largest absolute Gasteiger partial charge is 0.504 e. The summed E-state index contributed by atoms with van der Waals surface area (Å²) in [5, 5.41) is 10.1. The van der Waals surface area contributed by atoms with E-state index >= 15 is 0 Å². The van der Waals surface area contributed by atoms with Crippen molar-refractivity contribution in [2.75, 3.05) is 20.3 Å². The van der Waals surface area contributed by atoms with Crippen LogP contribution in [0.25, 0.3) is 0 Å². The van der Waals surface area contributed by atoms with E-state index in [9.17, 15) is 14.7 Å². The number of esters is 2. The number of phenols is 1. The highest BCUT2D eigenvalue weighted by atomic mass is 16.6. The summed E-state index contributed by atoms with van der Waals surface area (Å²) in [7, 11) is 1.47. The number of rotatable bonds is 17. The van der Waals surface area contributed by atoms with Gasteiger partial charge in [0.15, 0.2) is 17.4 Å². The molecule has 0 saturated carbocycles. The second-order valence-corrected chi connectivity index (χ2v) is 8.86. The molecular formula is C27H44O6. The molecule has 0 aromatic heterocycles. The lowest BCUT2D eigenvalue weighted by molar-refractivity contribution is -0.163. The van der Waals surface area contributed by atoms with Crippen molar-refractivity contribution in [3.05, 3.63) is 23.8 Å². The SMILES string of the molecule is CCCCC(CC)COC(=O)C(Cc1ccc(OC)c(O)c1)C(=O)OCC(CC)CCCC. The summed E-state index contributed by atoms with van der Waals surface area (Å²) in [6.45, 7) is 9.06. The Kier molecular flexibility index (Phi) is 14.3. The van der Waals surface area contributed by atoms with Gasteiger partial charge in [0.25, 0.3) is 0 Å². The number of ether oxygens (including phenoxy) is 3. The van der Waals surface area contributed by atoms with E-state index in [1.165, 1.54) is 13.2 Å². The van der Waals surface area contributed by atoms with Gasteiger partial charge in [0.2, 0.25) is 0 Å². The first-order valence-electron chi connectivity index (χ1n) is 12.6. The minimum Gasteiger partial charge on any atom is -0.504 e. The Bertz CT molecular complexity index is 670. The van der Waals surface area contributed by atoms with Crippen LogP contribution in [0.2, 0.25) is 0 Å². The first-order valence-corrected chi connectivity index (χ1v) is 12.6. The molecule has 188 valence electrons. The minimum atomic E-state index is -1.06. The third kappa shape index (κ3) is 10.5. The maximum atomic E-state index is 13.0. The van der Waals surface area contributed by atoms with E-state index < -0.39 is 17.9 Å². The molecule has 2 unspecified atom stereocenters. The molecule has 0 heterocycles. The molecule has 0 radical (unpaired) electrons. The molecule has 0 aliphatic heterocycles. The molecule has 0 bridgehead atoms. The Morgan fingerprint density at radius 3 is 1.79 bits per heavy atom. The van der Waals surface area contributed by atoms with E-state index in [1.807, 2.05) is 0 Å². The molecule has 1 aromatic carbocycles. The lowest BCUT2D eigenvalue weighted by Gasteiger charge is -2.20. The van der Waals surface area contributed by atoms with Crippen LogP contribution in [0.4, 0.5) is 0 Å². The smallest absolute Gasteiger partial charge is 0.320 e. The van der Waals surface area contributed by atoms with Crippen LogP contribution in [-0.4, -0.2) is 37.4 Å². The average molecular weight is 465 g/mol. The highest BCUT2D eigenvalue weighted by molar-refractivity contribution is 5.95. The van der Waals surface area contributed by atoms with Crippen molar-refractivity contribution >= 4 is 11.9 Å². The Morgan fingerprint density at radius 1 is 0.879 bits per heavy atom. The number of carbonyl (C=O) groups excluding carboxylic acids is 2. The fraction of sp³-hybridized carbons (Fsp3) is 0.704. The Hall–Kier alpha value is -2.24. The molecule has 1 N–H and O–H groups in total. The summed E-state index contributed by atoms with van der Waals surface area (Å²) in [5.74, 6) is -1.32. The molecule has 0 amide bonds. The summed E-state index contributed by atoms with van der Waals surface area (Å²) < 4.78 is 16.3. The van der Waals surface area contributed by atoms with E-state index in [-0.39, 0.29) is 24.0 Å². The zero-order valence-electron chi connectivity index (χ0n) is 21.2. The first kappa shape index (κ1) is 28.8. The Morgan fingerprint density at radius 2 is 1.39 bits per heavy atom. The number of benzene rings is 1. The first-order chi connectivity index (χ1) is 15.9. The average Bonchev–Trinajstić information content (AvgIpc) is 2.82. The van der Waals surface area contributed by atoms with Crippen molar-refractivity contribution in [3.63, 3.8) is 0 Å². The van der Waals surface area contributed by atoms with Gasteiger partial charge >= 0.3 is 11.9 Å². The van der Waals surface area contributed by atoms with Crippen molar-refractivity contribution in [1.29, 1.82) is 0 Å². The molecule has 2 atom stereocenters. The van der Waals surface area contributed by atoms with Crippen molar-refractivity contribution in [1.82, 2.24) is 0 Å². The van der Waals surface area contributed by atoms with E-state index in [0.717, 1.165) is 51.4 Å². The molecule has 0 aliphatic carbocycles. The standard InChI is InChI=1S/C27H44O6/c1-6-10-12-20(8-3)18-32-26(29)23(16-22-14-15-25(31-5)24(28)17-22)27(30)33-19-21(9-4)13-11-7-2/h14-15,17,20-21,23,28H,6-13,16,18-19H2,1-5H3. The van der Waals surface area contributed by atoms with E-state index in [4.69, 9.17) is 14.2 Å². The lowest BCUT2D eigenvalue weighted by Crippen LogP contribution is -2.32. The molecule has 1 aromatic rings. The summed E-state index contributed by atoms with van der Waals surface area (Å²) in [6, 6.07) is 4.87. The fourth-order valence-corrected chi connectivity index (χ4v) is 3.76. The van der Waals surface area contributed by atoms with Crippen LogP contribution < -0.4 is 4.74 Å². The zero-order valence-corrected chi connectivity index (χ0v) is 21.2. The van der Waals surface area contributed by atoms with Gasteiger partial charge in [-0.25, -0.2) is 0 Å². The van der Waals surface area contributed by atoms with Gasteiger partial charge in [0, 0.05) is 0 Å². The van der Waals surface area contributed by atoms with Gasteiger partial charge in [0.05, 0.1) is 20.3 Å². The Labute approximate surface area is 200 Å². The van der Waals surface area contributed by atoms with Gasteiger partial charge in [-0.3, -0.25) is 9.59 Å². The number of unbranched alkanes of at least 4 members (excludes halogenated alkanes) is 2. The molecule has 1 rings (SSSR count). The van der Waals surface area contributed by atoms with E-state index in [1.54, 1.807) is 12.1 Å². The van der Waals surface area contributed by atoms with Crippen LogP contribution in [0.5, 0.6) is 11.5 Å². The molecule has 0 spiro atoms. The second-order valence-electron chi connectivity index (χ2n) is 8.86. The number of methoxy groups -OCH3 is 1. The summed E-state index contributed by atoms with van der Waals surface area (Å²) >= 11 is 0. The molecule has 33 heavy (non-hydrogen) atoms. The van der Waals surface area contributed by atoms with Crippen LogP contribution >= 0.6 is 0 Å². The minimum absolute atomic E-state index is 0.0355. The quantitative estimate of drug-likeness (QED) is 0.222. The monoisotopic (exact) mass is 464 g/mol. The van der Waals surface area contributed by atoms with Crippen molar-refractivity contribution in [3.8, 4) is 11.5 Å². The fourth-order valence-electron chi connectivity index (χ4n) is 3.76. The zero-order chi connectivity index (χ0) is 24.6. The highest BCUT2D eigenvalue weighted by Gasteiger charge is 2.31. The highest BCUT2D eigenvalue weighted by Crippen LogP contribution is 2.28. The number of phenolic OH excluding ortho intramolecular Hbond substituents is 1. The maximum Gasteiger partial charge on any atom is 0.320 e. The maximum absolute atomic E-state index is 13.0. The third-order valence-electron chi connectivity index (χ3n) is 6.26. The van der Waals surface area contributed by atoms with E-state index in [0.29, 0.717) is 24.5 Å². The van der Waals surface area contributed by atoms with Gasteiger partial charge in [0.1, 0.15) is 0 Å². The second kappa shape index (κ2) is 16.4. The molecule has 6 heteroatoms. The molecule has 0 saturated heterocycles. The molecule has 6 nitrogen and oxygen atoms in total. The molecular weight excluding hydrogens is 420 g/mol. The van der Waals surface area contributed by atoms with Crippen LogP contribution in [0, 0.1) is 17.8 Å². The van der Waals surface area contributed by atoms with Gasteiger partial charge in [-0.2, -0.15) is 0 Å².